The minimum Gasteiger partial charge on any atom is -0.497 e. The normalized spacial score (nSPS) is 12.0. The van der Waals surface area contributed by atoms with Gasteiger partial charge in [-0.15, -0.1) is 0 Å². The van der Waals surface area contributed by atoms with Crippen molar-refractivity contribution in [1.29, 1.82) is 0 Å². The summed E-state index contributed by atoms with van der Waals surface area (Å²) in [6.07, 6.45) is 2.35. The van der Waals surface area contributed by atoms with Crippen molar-refractivity contribution >= 4 is 27.5 Å². The van der Waals surface area contributed by atoms with Crippen molar-refractivity contribution < 1.29 is 22.7 Å². The van der Waals surface area contributed by atoms with Crippen LogP contribution in [0.2, 0.25) is 0 Å². The van der Waals surface area contributed by atoms with Crippen LogP contribution in [-0.4, -0.2) is 57.6 Å². The number of amides is 2. The lowest BCUT2D eigenvalue weighted by Gasteiger charge is -2.29. The maximum absolute atomic E-state index is 13.3. The number of hydrogen-bond donors (Lipinski definition) is 1. The molecule has 2 rings (SSSR count). The Labute approximate surface area is 209 Å². The number of rotatable bonds is 13. The molecule has 0 fully saturated rings. The number of carbonyl (C=O) groups excluding carboxylic acids is 2. The van der Waals surface area contributed by atoms with Crippen LogP contribution in [0.4, 0.5) is 5.69 Å². The highest BCUT2D eigenvalue weighted by Crippen LogP contribution is 2.24. The zero-order valence-corrected chi connectivity index (χ0v) is 22.1. The molecule has 2 aromatic rings. The van der Waals surface area contributed by atoms with Gasteiger partial charge < -0.3 is 15.0 Å². The molecular formula is C26H37N3O5S. The van der Waals surface area contributed by atoms with Gasteiger partial charge >= 0.3 is 0 Å². The van der Waals surface area contributed by atoms with Gasteiger partial charge in [0, 0.05) is 32.1 Å². The highest BCUT2D eigenvalue weighted by Gasteiger charge is 2.26. The molecule has 192 valence electrons. The zero-order chi connectivity index (χ0) is 26.0. The Hall–Kier alpha value is -3.07. The van der Waals surface area contributed by atoms with E-state index in [0.717, 1.165) is 23.8 Å². The molecule has 9 heteroatoms. The van der Waals surface area contributed by atoms with Crippen LogP contribution in [-0.2, 0) is 26.2 Å². The van der Waals surface area contributed by atoms with E-state index in [2.05, 4.69) is 5.32 Å². The Kier molecular flexibility index (Phi) is 10.6. The van der Waals surface area contributed by atoms with Gasteiger partial charge in [0.25, 0.3) is 0 Å². The Morgan fingerprint density at radius 3 is 2.46 bits per heavy atom. The zero-order valence-electron chi connectivity index (χ0n) is 21.3. The van der Waals surface area contributed by atoms with E-state index in [-0.39, 0.29) is 24.8 Å². The van der Waals surface area contributed by atoms with E-state index in [1.165, 1.54) is 11.4 Å². The highest BCUT2D eigenvalue weighted by molar-refractivity contribution is 7.92. The molecular weight excluding hydrogens is 466 g/mol. The average molecular weight is 504 g/mol. The first-order chi connectivity index (χ1) is 16.6. The van der Waals surface area contributed by atoms with Crippen LogP contribution in [0.1, 0.15) is 44.2 Å². The number of sulfonamides is 1. The van der Waals surface area contributed by atoms with Crippen LogP contribution in [0, 0.1) is 6.92 Å². The van der Waals surface area contributed by atoms with Gasteiger partial charge in [0.2, 0.25) is 21.8 Å². The number of ether oxygens (including phenoxy) is 1. The third kappa shape index (κ3) is 8.58. The van der Waals surface area contributed by atoms with Crippen LogP contribution in [0.5, 0.6) is 5.75 Å². The first-order valence-corrected chi connectivity index (χ1v) is 13.7. The maximum Gasteiger partial charge on any atom is 0.242 e. The Balaban J connectivity index is 2.16. The Morgan fingerprint density at radius 1 is 1.11 bits per heavy atom. The number of nitrogens with zero attached hydrogens (tertiary/aromatic N) is 2. The summed E-state index contributed by atoms with van der Waals surface area (Å²) in [4.78, 5) is 27.5. The molecule has 0 spiro atoms. The van der Waals surface area contributed by atoms with Crippen LogP contribution in [0.15, 0.2) is 48.5 Å². The van der Waals surface area contributed by atoms with Crippen molar-refractivity contribution in [2.75, 3.05) is 30.8 Å². The lowest BCUT2D eigenvalue weighted by atomic mass is 10.1. The van der Waals surface area contributed by atoms with Crippen LogP contribution in [0.25, 0.3) is 0 Å². The predicted molar refractivity (Wildman–Crippen MR) is 139 cm³/mol. The number of hydrogen-bond acceptors (Lipinski definition) is 5. The predicted octanol–water partition coefficient (Wildman–Crippen LogP) is 3.49. The molecule has 1 atom stereocenters. The summed E-state index contributed by atoms with van der Waals surface area (Å²) in [5.41, 5.74) is 2.48. The number of carbonyl (C=O) groups is 2. The molecule has 0 aliphatic heterocycles. The van der Waals surface area contributed by atoms with Gasteiger partial charge in [0.15, 0.2) is 0 Å². The van der Waals surface area contributed by atoms with E-state index in [0.29, 0.717) is 30.9 Å². The molecule has 2 amide bonds. The summed E-state index contributed by atoms with van der Waals surface area (Å²) in [6, 6.07) is 14.0. The molecule has 0 aliphatic carbocycles. The van der Waals surface area contributed by atoms with E-state index in [1.54, 1.807) is 36.1 Å². The molecule has 0 saturated heterocycles. The van der Waals surface area contributed by atoms with E-state index >= 15 is 0 Å². The summed E-state index contributed by atoms with van der Waals surface area (Å²) < 4.78 is 31.4. The molecule has 0 saturated carbocycles. The highest BCUT2D eigenvalue weighted by atomic mass is 32.2. The third-order valence-electron chi connectivity index (χ3n) is 5.65. The van der Waals surface area contributed by atoms with Crippen molar-refractivity contribution in [3.05, 3.63) is 59.7 Å². The first-order valence-electron chi connectivity index (χ1n) is 11.8. The van der Waals surface area contributed by atoms with Crippen LogP contribution in [0.3, 0.4) is 0 Å². The molecule has 2 aromatic carbocycles. The number of anilines is 1. The molecule has 1 N–H and O–H groups in total. The second-order valence-electron chi connectivity index (χ2n) is 8.62. The van der Waals surface area contributed by atoms with Crippen LogP contribution >= 0.6 is 0 Å². The minimum absolute atomic E-state index is 0.104. The molecule has 0 radical (unpaired) electrons. The molecule has 0 aliphatic rings. The Bertz CT molecular complexity index is 1100. The average Bonchev–Trinajstić information content (AvgIpc) is 2.82. The number of benzene rings is 2. The smallest absolute Gasteiger partial charge is 0.242 e. The fourth-order valence-corrected chi connectivity index (χ4v) is 4.71. The molecule has 0 bridgehead atoms. The summed E-state index contributed by atoms with van der Waals surface area (Å²) in [5, 5.41) is 2.86. The minimum atomic E-state index is -3.57. The molecule has 0 heterocycles. The van der Waals surface area contributed by atoms with Crippen molar-refractivity contribution in [2.45, 2.75) is 52.6 Å². The van der Waals surface area contributed by atoms with Gasteiger partial charge in [-0.1, -0.05) is 42.8 Å². The van der Waals surface area contributed by atoms with Gasteiger partial charge in [0.1, 0.15) is 11.8 Å². The van der Waals surface area contributed by atoms with Crippen molar-refractivity contribution in [3.63, 3.8) is 0 Å². The summed E-state index contributed by atoms with van der Waals surface area (Å²) in [7, 11) is -2.05. The van der Waals surface area contributed by atoms with Crippen LogP contribution < -0.4 is 14.4 Å². The van der Waals surface area contributed by atoms with E-state index in [4.69, 9.17) is 4.74 Å². The topological polar surface area (TPSA) is 96.0 Å². The molecule has 0 aromatic heterocycles. The van der Waals surface area contributed by atoms with Gasteiger partial charge in [-0.05, 0) is 44.4 Å². The summed E-state index contributed by atoms with van der Waals surface area (Å²) in [6.45, 7) is 6.64. The lowest BCUT2D eigenvalue weighted by molar-refractivity contribution is -0.140. The van der Waals surface area contributed by atoms with E-state index < -0.39 is 16.1 Å². The first kappa shape index (κ1) is 28.2. The van der Waals surface area contributed by atoms with E-state index in [9.17, 15) is 18.0 Å². The van der Waals surface area contributed by atoms with Gasteiger partial charge in [-0.3, -0.25) is 13.9 Å². The maximum atomic E-state index is 13.3. The van der Waals surface area contributed by atoms with Gasteiger partial charge in [-0.2, -0.15) is 0 Å². The Morgan fingerprint density at radius 2 is 1.83 bits per heavy atom. The fraction of sp³-hybridized carbons (Fsp3) is 0.462. The van der Waals surface area contributed by atoms with Crippen molar-refractivity contribution in [3.8, 4) is 5.75 Å². The van der Waals surface area contributed by atoms with Gasteiger partial charge in [-0.25, -0.2) is 8.42 Å². The molecule has 35 heavy (non-hydrogen) atoms. The van der Waals surface area contributed by atoms with E-state index in [1.807, 2.05) is 38.1 Å². The van der Waals surface area contributed by atoms with Gasteiger partial charge in [0.05, 0.1) is 19.1 Å². The second kappa shape index (κ2) is 13.1. The number of nitrogens with one attached hydrogen (secondary N) is 1. The second-order valence-corrected chi connectivity index (χ2v) is 10.5. The van der Waals surface area contributed by atoms with Crippen molar-refractivity contribution in [1.82, 2.24) is 10.2 Å². The molecule has 8 nitrogen and oxygen atoms in total. The number of methoxy groups -OCH3 is 1. The summed E-state index contributed by atoms with van der Waals surface area (Å²) in [5.74, 6) is 0.134. The quantitative estimate of drug-likeness (QED) is 0.451. The summed E-state index contributed by atoms with van der Waals surface area (Å²) >= 11 is 0. The largest absolute Gasteiger partial charge is 0.497 e. The standard InChI is InChI=1S/C26H37N3O5S/c1-6-15-27-26(31)21(3)28(19-22-11-7-10-20(2)17-22)25(30)14-9-16-29(35(5,32)33)23-12-8-13-24(18-23)34-4/h7-8,10-13,17-18,21H,6,9,14-16,19H2,1-5H3,(H,27,31). The number of aryl methyl sites for hydroxylation is 1. The monoisotopic (exact) mass is 503 g/mol. The SMILES string of the molecule is CCCNC(=O)C(C)N(Cc1cccc(C)c1)C(=O)CCCN(c1cccc(OC)c1)S(C)(=O)=O. The third-order valence-corrected chi connectivity index (χ3v) is 6.84. The van der Waals surface area contributed by atoms with Crippen molar-refractivity contribution in [2.24, 2.45) is 0 Å². The molecule has 1 unspecified atom stereocenters. The lowest BCUT2D eigenvalue weighted by Crippen LogP contribution is -2.47. The fourth-order valence-electron chi connectivity index (χ4n) is 3.76.